The third kappa shape index (κ3) is 8.51. The van der Waals surface area contributed by atoms with Crippen LogP contribution in [0.25, 0.3) is 0 Å². The predicted molar refractivity (Wildman–Crippen MR) is 163 cm³/mol. The molecule has 0 bridgehead atoms. The Kier molecular flexibility index (Phi) is 11.6. The lowest BCUT2D eigenvalue weighted by Gasteiger charge is -2.48. The topological polar surface area (TPSA) is 135 Å². The number of amides is 1. The average Bonchev–Trinajstić information content (AvgIpc) is 3.24. The van der Waals surface area contributed by atoms with Crippen molar-refractivity contribution in [1.82, 2.24) is 4.90 Å². The minimum Gasteiger partial charge on any atom is -0.481 e. The minimum atomic E-state index is -1.13. The minimum absolute atomic E-state index is 0.0355. The van der Waals surface area contributed by atoms with Crippen molar-refractivity contribution in [2.75, 3.05) is 6.61 Å². The van der Waals surface area contributed by atoms with Gasteiger partial charge in [-0.05, 0) is 92.3 Å². The highest BCUT2D eigenvalue weighted by Gasteiger charge is 2.48. The molecule has 234 valence electrons. The van der Waals surface area contributed by atoms with Crippen molar-refractivity contribution in [3.05, 3.63) is 107 Å². The molecule has 1 aliphatic carbocycles. The van der Waals surface area contributed by atoms with Crippen LogP contribution in [0.15, 0.2) is 84.1 Å². The van der Waals surface area contributed by atoms with Gasteiger partial charge in [0.05, 0.1) is 30.4 Å². The van der Waals surface area contributed by atoms with E-state index < -0.39 is 30.4 Å². The zero-order valence-corrected chi connectivity index (χ0v) is 24.6. The molecule has 0 saturated carbocycles. The molecule has 44 heavy (non-hydrogen) atoms. The van der Waals surface area contributed by atoms with Gasteiger partial charge in [0.2, 0.25) is 5.91 Å². The lowest BCUT2D eigenvalue weighted by atomic mass is 9.78. The fourth-order valence-corrected chi connectivity index (χ4v) is 5.96. The number of carboxylic acid groups (broad SMARTS) is 2. The van der Waals surface area contributed by atoms with Crippen molar-refractivity contribution in [3.63, 3.8) is 0 Å². The zero-order valence-electron chi connectivity index (χ0n) is 24.6. The number of aliphatic hydroxyl groups is 2. The number of hydrogen-bond donors (Lipinski definition) is 4. The number of allylic oxidation sites excluding steroid dienone is 5. The van der Waals surface area contributed by atoms with Gasteiger partial charge in [0.1, 0.15) is 5.82 Å². The molecular weight excluding hydrogens is 565 g/mol. The summed E-state index contributed by atoms with van der Waals surface area (Å²) in [6, 6.07) is 13.3. The second-order valence-corrected chi connectivity index (χ2v) is 11.5. The molecule has 1 fully saturated rings. The Morgan fingerprint density at radius 2 is 1.68 bits per heavy atom. The van der Waals surface area contributed by atoms with Crippen LogP contribution in [-0.4, -0.2) is 49.8 Å². The van der Waals surface area contributed by atoms with E-state index in [2.05, 4.69) is 0 Å². The molecule has 1 aliphatic heterocycles. The van der Waals surface area contributed by atoms with Crippen LogP contribution in [0.1, 0.15) is 80.2 Å². The first kappa shape index (κ1) is 32.8. The van der Waals surface area contributed by atoms with E-state index in [4.69, 9.17) is 5.11 Å². The van der Waals surface area contributed by atoms with E-state index in [1.807, 2.05) is 48.6 Å². The number of halogens is 1. The Labute approximate surface area is 256 Å². The van der Waals surface area contributed by atoms with Crippen LogP contribution in [0, 0.1) is 17.7 Å². The van der Waals surface area contributed by atoms with Crippen molar-refractivity contribution < 1.29 is 39.2 Å². The number of aryl methyl sites for hydroxylation is 1. The van der Waals surface area contributed by atoms with Gasteiger partial charge in [-0.3, -0.25) is 14.4 Å². The molecule has 4 N–H and O–H groups in total. The quantitative estimate of drug-likeness (QED) is 0.176. The SMILES string of the molecule is O=C(O)CC(CCCc1ccc(C2C(CCC(O)c3ccc(F)cc3)C(=O)N2C2=CC=C(CCCO)CC=C2)cc1)C(=O)O. The van der Waals surface area contributed by atoms with E-state index in [9.17, 15) is 34.1 Å². The molecule has 9 heteroatoms. The number of aliphatic carboxylic acids is 2. The number of β-lactam (4-membered cyclic amide) rings is 1. The summed E-state index contributed by atoms with van der Waals surface area (Å²) in [6.07, 6.45) is 11.1. The van der Waals surface area contributed by atoms with E-state index in [0.29, 0.717) is 37.7 Å². The summed E-state index contributed by atoms with van der Waals surface area (Å²) >= 11 is 0. The van der Waals surface area contributed by atoms with Crippen LogP contribution in [0.5, 0.6) is 0 Å². The number of likely N-dealkylation sites (tertiary alicyclic amines) is 1. The normalized spacial score (nSPS) is 19.4. The lowest BCUT2D eigenvalue weighted by Crippen LogP contribution is -2.53. The Balaban J connectivity index is 1.50. The highest BCUT2D eigenvalue weighted by molar-refractivity contribution is 5.89. The lowest BCUT2D eigenvalue weighted by molar-refractivity contribution is -0.153. The van der Waals surface area contributed by atoms with Crippen LogP contribution in [0.4, 0.5) is 4.39 Å². The summed E-state index contributed by atoms with van der Waals surface area (Å²) in [5, 5.41) is 38.2. The number of hydrogen-bond acceptors (Lipinski definition) is 5. The van der Waals surface area contributed by atoms with Gasteiger partial charge in [0.15, 0.2) is 0 Å². The molecule has 1 amide bonds. The number of aliphatic hydroxyl groups excluding tert-OH is 2. The van der Waals surface area contributed by atoms with E-state index >= 15 is 0 Å². The maximum atomic E-state index is 13.6. The number of nitrogens with zero attached hydrogens (tertiary/aromatic N) is 1. The Morgan fingerprint density at radius 3 is 2.34 bits per heavy atom. The third-order valence-corrected chi connectivity index (χ3v) is 8.42. The summed E-state index contributed by atoms with van der Waals surface area (Å²) < 4.78 is 13.4. The van der Waals surface area contributed by atoms with Gasteiger partial charge in [-0.1, -0.05) is 54.1 Å². The monoisotopic (exact) mass is 605 g/mol. The Morgan fingerprint density at radius 1 is 0.955 bits per heavy atom. The van der Waals surface area contributed by atoms with E-state index in [-0.39, 0.29) is 36.7 Å². The van der Waals surface area contributed by atoms with Crippen LogP contribution < -0.4 is 0 Å². The maximum absolute atomic E-state index is 13.6. The molecule has 2 aromatic rings. The van der Waals surface area contributed by atoms with Gasteiger partial charge in [-0.25, -0.2) is 4.39 Å². The van der Waals surface area contributed by atoms with Crippen molar-refractivity contribution in [1.29, 1.82) is 0 Å². The van der Waals surface area contributed by atoms with Gasteiger partial charge in [0, 0.05) is 12.3 Å². The molecule has 4 atom stereocenters. The highest BCUT2D eigenvalue weighted by atomic mass is 19.1. The van der Waals surface area contributed by atoms with E-state index in [1.165, 1.54) is 17.7 Å². The molecule has 4 rings (SSSR count). The standard InChI is InChI=1S/C35H40FNO7/c36-28-16-14-25(15-17-28)31(39)20-19-30-33(37(34(30)42)29-8-2-5-23(11-18-29)6-3-21-38)26-12-9-24(10-13-26)4-1-7-27(35(43)44)22-32(40)41/h2,8-18,27,30-31,33,38-39H,1,3-7,19-22H2,(H,40,41)(H,43,44). The second-order valence-electron chi connectivity index (χ2n) is 11.5. The number of benzene rings is 2. The molecule has 0 aromatic heterocycles. The number of carboxylic acids is 2. The second kappa shape index (κ2) is 15.6. The average molecular weight is 606 g/mol. The van der Waals surface area contributed by atoms with Crippen LogP contribution in [0.3, 0.4) is 0 Å². The first-order valence-electron chi connectivity index (χ1n) is 15.1. The number of carbonyl (C=O) groups excluding carboxylic acids is 1. The summed E-state index contributed by atoms with van der Waals surface area (Å²) in [4.78, 5) is 37.7. The zero-order chi connectivity index (χ0) is 31.6. The van der Waals surface area contributed by atoms with Gasteiger partial charge in [-0.15, -0.1) is 0 Å². The molecule has 2 aliphatic rings. The van der Waals surface area contributed by atoms with E-state index in [1.54, 1.807) is 17.0 Å². The highest BCUT2D eigenvalue weighted by Crippen LogP contribution is 2.46. The first-order valence-corrected chi connectivity index (χ1v) is 15.1. The van der Waals surface area contributed by atoms with E-state index in [0.717, 1.165) is 29.7 Å². The molecule has 1 heterocycles. The van der Waals surface area contributed by atoms with Gasteiger partial charge < -0.3 is 25.3 Å². The fourth-order valence-electron chi connectivity index (χ4n) is 5.96. The molecule has 1 saturated heterocycles. The third-order valence-electron chi connectivity index (χ3n) is 8.42. The molecule has 0 radical (unpaired) electrons. The molecule has 2 aromatic carbocycles. The summed E-state index contributed by atoms with van der Waals surface area (Å²) in [6.45, 7) is 0.119. The smallest absolute Gasteiger partial charge is 0.307 e. The molecule has 0 spiro atoms. The largest absolute Gasteiger partial charge is 0.481 e. The van der Waals surface area contributed by atoms with Crippen LogP contribution in [0.2, 0.25) is 0 Å². The summed E-state index contributed by atoms with van der Waals surface area (Å²) in [7, 11) is 0. The molecule has 8 nitrogen and oxygen atoms in total. The fraction of sp³-hybridized carbons (Fsp3) is 0.400. The summed E-state index contributed by atoms with van der Waals surface area (Å²) in [5.41, 5.74) is 4.47. The van der Waals surface area contributed by atoms with Crippen molar-refractivity contribution in [2.45, 2.75) is 69.9 Å². The van der Waals surface area contributed by atoms with Crippen molar-refractivity contribution in [3.8, 4) is 0 Å². The Hall–Kier alpha value is -4.08. The predicted octanol–water partition coefficient (Wildman–Crippen LogP) is 5.88. The first-order chi connectivity index (χ1) is 21.2. The maximum Gasteiger partial charge on any atom is 0.307 e. The molecular formula is C35H40FNO7. The number of carbonyl (C=O) groups is 3. The van der Waals surface area contributed by atoms with Gasteiger partial charge >= 0.3 is 11.9 Å². The molecule has 4 unspecified atom stereocenters. The Bertz CT molecular complexity index is 1400. The van der Waals surface area contributed by atoms with Gasteiger partial charge in [-0.2, -0.15) is 0 Å². The summed E-state index contributed by atoms with van der Waals surface area (Å²) in [5.74, 6) is -3.94. The van der Waals surface area contributed by atoms with Gasteiger partial charge in [0.25, 0.3) is 0 Å². The van der Waals surface area contributed by atoms with Crippen LogP contribution >= 0.6 is 0 Å². The van der Waals surface area contributed by atoms with Crippen molar-refractivity contribution >= 4 is 17.8 Å². The van der Waals surface area contributed by atoms with Crippen LogP contribution in [-0.2, 0) is 20.8 Å². The van der Waals surface area contributed by atoms with Crippen molar-refractivity contribution in [2.24, 2.45) is 11.8 Å². The number of rotatable bonds is 16.